The quantitative estimate of drug-likeness (QED) is 0.244. The Labute approximate surface area is 214 Å². The molecular formula is C28H23ClN4O3. The molecule has 1 amide bonds. The summed E-state index contributed by atoms with van der Waals surface area (Å²) in [6.07, 6.45) is 3.35. The average Bonchev–Trinajstić information content (AvgIpc) is 3.31. The van der Waals surface area contributed by atoms with Crippen LogP contribution in [0.25, 0.3) is 17.3 Å². The first kappa shape index (κ1) is 24.6. The van der Waals surface area contributed by atoms with E-state index >= 15 is 0 Å². The SMILES string of the molecule is COc1ccc(OC)c(NC(=O)/C(C#N)=C/c2cn(Cc3ccc(Cl)cc3)nc2-c2ccccc2)c1. The first-order chi connectivity index (χ1) is 17.5. The van der Waals surface area contributed by atoms with Gasteiger partial charge in [-0.2, -0.15) is 10.4 Å². The number of rotatable bonds is 8. The zero-order valence-electron chi connectivity index (χ0n) is 19.7. The third-order valence-corrected chi connectivity index (χ3v) is 5.67. The number of hydrogen-bond donors (Lipinski definition) is 1. The van der Waals surface area contributed by atoms with Crippen LogP contribution in [0.2, 0.25) is 5.02 Å². The van der Waals surface area contributed by atoms with Crippen molar-refractivity contribution in [3.05, 3.63) is 101 Å². The highest BCUT2D eigenvalue weighted by Gasteiger charge is 2.17. The predicted molar refractivity (Wildman–Crippen MR) is 140 cm³/mol. The van der Waals surface area contributed by atoms with Crippen molar-refractivity contribution in [3.63, 3.8) is 0 Å². The molecule has 0 saturated heterocycles. The highest BCUT2D eigenvalue weighted by Crippen LogP contribution is 2.30. The van der Waals surface area contributed by atoms with Crippen molar-refractivity contribution in [1.82, 2.24) is 9.78 Å². The van der Waals surface area contributed by atoms with Crippen molar-refractivity contribution >= 4 is 29.3 Å². The van der Waals surface area contributed by atoms with Gasteiger partial charge < -0.3 is 14.8 Å². The van der Waals surface area contributed by atoms with Crippen LogP contribution in [0.3, 0.4) is 0 Å². The van der Waals surface area contributed by atoms with Crippen LogP contribution in [0.1, 0.15) is 11.1 Å². The van der Waals surface area contributed by atoms with Gasteiger partial charge in [-0.1, -0.05) is 54.1 Å². The predicted octanol–water partition coefficient (Wildman–Crippen LogP) is 5.81. The van der Waals surface area contributed by atoms with Crippen LogP contribution in [0.4, 0.5) is 5.69 Å². The summed E-state index contributed by atoms with van der Waals surface area (Å²) < 4.78 is 12.3. The van der Waals surface area contributed by atoms with Crippen LogP contribution in [0.15, 0.2) is 84.6 Å². The van der Waals surface area contributed by atoms with Crippen molar-refractivity contribution in [2.75, 3.05) is 19.5 Å². The third-order valence-electron chi connectivity index (χ3n) is 5.41. The molecule has 0 saturated carbocycles. The van der Waals surface area contributed by atoms with Gasteiger partial charge in [0.05, 0.1) is 32.1 Å². The number of amides is 1. The van der Waals surface area contributed by atoms with Crippen molar-refractivity contribution < 1.29 is 14.3 Å². The van der Waals surface area contributed by atoms with Crippen molar-refractivity contribution in [2.24, 2.45) is 0 Å². The number of nitrogens with one attached hydrogen (secondary N) is 1. The molecule has 4 rings (SSSR count). The largest absolute Gasteiger partial charge is 0.497 e. The van der Waals surface area contributed by atoms with E-state index in [1.165, 1.54) is 20.3 Å². The number of benzene rings is 3. The summed E-state index contributed by atoms with van der Waals surface area (Å²) in [5, 5.41) is 18.0. The number of methoxy groups -OCH3 is 2. The number of nitrogens with zero attached hydrogens (tertiary/aromatic N) is 3. The molecule has 36 heavy (non-hydrogen) atoms. The zero-order valence-corrected chi connectivity index (χ0v) is 20.5. The molecule has 0 spiro atoms. The van der Waals surface area contributed by atoms with E-state index < -0.39 is 5.91 Å². The van der Waals surface area contributed by atoms with Gasteiger partial charge in [-0.05, 0) is 35.9 Å². The molecule has 1 aromatic heterocycles. The Morgan fingerprint density at radius 3 is 2.50 bits per heavy atom. The molecule has 0 aliphatic heterocycles. The molecule has 180 valence electrons. The molecule has 8 heteroatoms. The highest BCUT2D eigenvalue weighted by atomic mass is 35.5. The maximum atomic E-state index is 13.1. The minimum Gasteiger partial charge on any atom is -0.497 e. The topological polar surface area (TPSA) is 89.2 Å². The Morgan fingerprint density at radius 1 is 1.08 bits per heavy atom. The lowest BCUT2D eigenvalue weighted by Gasteiger charge is -2.11. The van der Waals surface area contributed by atoms with Gasteiger partial charge in [0.2, 0.25) is 0 Å². The Bertz CT molecular complexity index is 1440. The zero-order chi connectivity index (χ0) is 25.5. The van der Waals surface area contributed by atoms with Crippen molar-refractivity contribution in [1.29, 1.82) is 5.26 Å². The van der Waals surface area contributed by atoms with Crippen molar-refractivity contribution in [2.45, 2.75) is 6.54 Å². The summed E-state index contributed by atoms with van der Waals surface area (Å²) in [6.45, 7) is 0.500. The molecule has 0 atom stereocenters. The van der Waals surface area contributed by atoms with Crippen LogP contribution in [-0.4, -0.2) is 29.9 Å². The standard InChI is InChI=1S/C28H23ClN4O3/c1-35-24-12-13-26(36-2)25(15-24)31-28(34)21(16-30)14-22-18-33(17-19-8-10-23(29)11-9-19)32-27(22)20-6-4-3-5-7-20/h3-15,18H,17H2,1-2H3,(H,31,34)/b21-14+. The fraction of sp³-hybridized carbons (Fsp3) is 0.107. The molecule has 3 aromatic carbocycles. The van der Waals surface area contributed by atoms with E-state index in [1.807, 2.05) is 66.9 Å². The molecule has 0 aliphatic rings. The van der Waals surface area contributed by atoms with Crippen LogP contribution < -0.4 is 14.8 Å². The summed E-state index contributed by atoms with van der Waals surface area (Å²) in [5.74, 6) is 0.416. The van der Waals surface area contributed by atoms with Crippen LogP contribution in [0.5, 0.6) is 11.5 Å². The second kappa shape index (κ2) is 11.3. The molecule has 1 heterocycles. The Balaban J connectivity index is 1.69. The molecule has 0 bridgehead atoms. The van der Waals surface area contributed by atoms with E-state index in [9.17, 15) is 10.1 Å². The number of nitriles is 1. The second-order valence-corrected chi connectivity index (χ2v) is 8.25. The van der Waals surface area contributed by atoms with Gasteiger partial charge in [0, 0.05) is 28.4 Å². The lowest BCUT2D eigenvalue weighted by Crippen LogP contribution is -2.14. The maximum absolute atomic E-state index is 13.1. The minimum atomic E-state index is -0.575. The Kier molecular flexibility index (Phi) is 7.69. The first-order valence-corrected chi connectivity index (χ1v) is 11.4. The van der Waals surface area contributed by atoms with Crippen molar-refractivity contribution in [3.8, 4) is 28.8 Å². The summed E-state index contributed by atoms with van der Waals surface area (Å²) in [7, 11) is 3.03. The number of halogens is 1. The number of hydrogen-bond acceptors (Lipinski definition) is 5. The maximum Gasteiger partial charge on any atom is 0.266 e. The smallest absolute Gasteiger partial charge is 0.266 e. The van der Waals surface area contributed by atoms with E-state index in [2.05, 4.69) is 5.32 Å². The molecule has 1 N–H and O–H groups in total. The fourth-order valence-corrected chi connectivity index (χ4v) is 3.75. The molecule has 0 unspecified atom stereocenters. The van der Waals surface area contributed by atoms with E-state index in [-0.39, 0.29) is 5.57 Å². The summed E-state index contributed by atoms with van der Waals surface area (Å²) in [6, 6.07) is 24.1. The molecule has 4 aromatic rings. The molecule has 0 fully saturated rings. The monoisotopic (exact) mass is 498 g/mol. The van der Waals surface area contributed by atoms with Gasteiger partial charge in [0.1, 0.15) is 23.1 Å². The second-order valence-electron chi connectivity index (χ2n) is 7.81. The average molecular weight is 499 g/mol. The van der Waals surface area contributed by atoms with E-state index in [0.29, 0.717) is 40.0 Å². The van der Waals surface area contributed by atoms with Crippen LogP contribution >= 0.6 is 11.6 Å². The van der Waals surface area contributed by atoms with Gasteiger partial charge in [-0.15, -0.1) is 0 Å². The van der Waals surface area contributed by atoms with Gasteiger partial charge in [-0.3, -0.25) is 9.48 Å². The molecule has 0 aliphatic carbocycles. The Morgan fingerprint density at radius 2 is 1.83 bits per heavy atom. The highest BCUT2D eigenvalue weighted by molar-refractivity contribution is 6.30. The first-order valence-electron chi connectivity index (χ1n) is 11.0. The number of aromatic nitrogens is 2. The van der Waals surface area contributed by atoms with Gasteiger partial charge in [-0.25, -0.2) is 0 Å². The third kappa shape index (κ3) is 5.74. The summed E-state index contributed by atoms with van der Waals surface area (Å²) in [5.41, 5.74) is 3.49. The number of ether oxygens (including phenoxy) is 2. The van der Waals surface area contributed by atoms with Crippen LogP contribution in [0, 0.1) is 11.3 Å². The number of carbonyl (C=O) groups excluding carboxylic acids is 1. The van der Waals surface area contributed by atoms with Gasteiger partial charge in [0.15, 0.2) is 0 Å². The van der Waals surface area contributed by atoms with E-state index in [0.717, 1.165) is 11.1 Å². The normalized spacial score (nSPS) is 11.0. The fourth-order valence-electron chi connectivity index (χ4n) is 3.63. The number of anilines is 1. The Hall–Kier alpha value is -4.54. The lowest BCUT2D eigenvalue weighted by atomic mass is 10.1. The molecule has 7 nitrogen and oxygen atoms in total. The van der Waals surface area contributed by atoms with Gasteiger partial charge in [0.25, 0.3) is 5.91 Å². The summed E-state index contributed by atoms with van der Waals surface area (Å²) in [4.78, 5) is 13.1. The van der Waals surface area contributed by atoms with E-state index in [1.54, 1.807) is 22.9 Å². The van der Waals surface area contributed by atoms with E-state index in [4.69, 9.17) is 26.2 Å². The molecular weight excluding hydrogens is 476 g/mol. The number of carbonyl (C=O) groups is 1. The minimum absolute atomic E-state index is 0.0805. The lowest BCUT2D eigenvalue weighted by molar-refractivity contribution is -0.112. The van der Waals surface area contributed by atoms with Gasteiger partial charge >= 0.3 is 0 Å². The molecule has 0 radical (unpaired) electrons. The summed E-state index contributed by atoms with van der Waals surface area (Å²) >= 11 is 6.01. The van der Waals surface area contributed by atoms with Crippen LogP contribution in [-0.2, 0) is 11.3 Å².